The van der Waals surface area contributed by atoms with Crippen molar-refractivity contribution in [3.63, 3.8) is 0 Å². The molecule has 0 saturated heterocycles. The fourth-order valence-corrected chi connectivity index (χ4v) is 3.01. The van der Waals surface area contributed by atoms with Gasteiger partial charge in [-0.25, -0.2) is 19.2 Å². The van der Waals surface area contributed by atoms with E-state index in [1.807, 2.05) is 0 Å². The predicted octanol–water partition coefficient (Wildman–Crippen LogP) is 4.01. The van der Waals surface area contributed by atoms with Crippen molar-refractivity contribution >= 4 is 27.7 Å². The zero-order valence-electron chi connectivity index (χ0n) is 12.1. The zero-order chi connectivity index (χ0) is 17.0. The summed E-state index contributed by atoms with van der Waals surface area (Å²) in [5, 5.41) is 9.18. The maximum Gasteiger partial charge on any atom is 0.354 e. The third kappa shape index (κ3) is 2.37. The third-order valence-corrected chi connectivity index (χ3v) is 4.46. The number of aromatic carboxylic acids is 1. The average Bonchev–Trinajstić information content (AvgIpc) is 3.32. The van der Waals surface area contributed by atoms with Crippen LogP contribution in [0.1, 0.15) is 34.9 Å². The van der Waals surface area contributed by atoms with E-state index in [1.54, 1.807) is 6.07 Å². The molecule has 0 bridgehead atoms. The van der Waals surface area contributed by atoms with E-state index in [2.05, 4.69) is 25.9 Å². The van der Waals surface area contributed by atoms with E-state index < -0.39 is 17.7 Å². The Balaban J connectivity index is 2.00. The van der Waals surface area contributed by atoms with Gasteiger partial charge < -0.3 is 5.11 Å². The van der Waals surface area contributed by atoms with Gasteiger partial charge in [0.05, 0.1) is 0 Å². The van der Waals surface area contributed by atoms with Gasteiger partial charge in [-0.2, -0.15) is 4.39 Å². The van der Waals surface area contributed by atoms with Crippen LogP contribution in [0.4, 0.5) is 8.78 Å². The van der Waals surface area contributed by atoms with Gasteiger partial charge in [-0.15, -0.1) is 0 Å². The van der Waals surface area contributed by atoms with Crippen molar-refractivity contribution in [1.29, 1.82) is 0 Å². The van der Waals surface area contributed by atoms with Gasteiger partial charge in [-0.05, 0) is 43.0 Å². The monoisotopic (exact) mass is 393 g/mol. The van der Waals surface area contributed by atoms with E-state index in [0.717, 1.165) is 12.8 Å². The first-order valence-corrected chi connectivity index (χ1v) is 8.02. The highest BCUT2D eigenvalue weighted by Crippen LogP contribution is 2.41. The summed E-state index contributed by atoms with van der Waals surface area (Å²) >= 11 is 3.15. The topological polar surface area (TPSA) is 67.5 Å². The Bertz CT molecular complexity index is 999. The number of carbonyl (C=O) groups is 1. The molecule has 0 amide bonds. The van der Waals surface area contributed by atoms with E-state index in [9.17, 15) is 18.7 Å². The van der Waals surface area contributed by atoms with Gasteiger partial charge in [-0.1, -0.05) is 15.9 Å². The molecule has 1 N–H and O–H groups in total. The number of carboxylic acids is 1. The maximum atomic E-state index is 14.9. The minimum absolute atomic E-state index is 0.000165. The van der Waals surface area contributed by atoms with Crippen LogP contribution in [0.2, 0.25) is 0 Å². The smallest absolute Gasteiger partial charge is 0.354 e. The van der Waals surface area contributed by atoms with E-state index in [-0.39, 0.29) is 28.6 Å². The van der Waals surface area contributed by atoms with Crippen LogP contribution < -0.4 is 0 Å². The average molecular weight is 394 g/mol. The molecule has 1 saturated carbocycles. The molecular formula is C16H10BrF2N3O2. The third-order valence-electron chi connectivity index (χ3n) is 3.97. The molecule has 3 aromatic rings. The molecule has 4 rings (SSSR count). The number of aromatic nitrogens is 3. The number of imidazole rings is 1. The molecular weight excluding hydrogens is 384 g/mol. The molecule has 0 spiro atoms. The fourth-order valence-electron chi connectivity index (χ4n) is 2.68. The van der Waals surface area contributed by atoms with Crippen LogP contribution in [-0.4, -0.2) is 25.4 Å². The first-order chi connectivity index (χ1) is 11.5. The van der Waals surface area contributed by atoms with Gasteiger partial charge in [0.25, 0.3) is 0 Å². The lowest BCUT2D eigenvalue weighted by molar-refractivity contribution is 0.0690. The van der Waals surface area contributed by atoms with Crippen molar-refractivity contribution < 1.29 is 18.7 Å². The highest BCUT2D eigenvalue weighted by molar-refractivity contribution is 9.10. The quantitative estimate of drug-likeness (QED) is 0.729. The number of hydrogen-bond donors (Lipinski definition) is 1. The van der Waals surface area contributed by atoms with Crippen LogP contribution in [0.15, 0.2) is 28.7 Å². The lowest BCUT2D eigenvalue weighted by atomic mass is 10.1. The minimum Gasteiger partial charge on any atom is -0.477 e. The second-order valence-corrected chi connectivity index (χ2v) is 6.57. The number of fused-ring (bicyclic) bond motifs is 1. The molecule has 0 unspecified atom stereocenters. The number of rotatable bonds is 3. The van der Waals surface area contributed by atoms with Crippen molar-refractivity contribution in [2.45, 2.75) is 18.8 Å². The molecule has 2 heterocycles. The molecule has 0 atom stereocenters. The first kappa shape index (κ1) is 15.2. The summed E-state index contributed by atoms with van der Waals surface area (Å²) in [5.41, 5.74) is 0.125. The Hall–Kier alpha value is -2.35. The summed E-state index contributed by atoms with van der Waals surface area (Å²) in [4.78, 5) is 19.2. The fraction of sp³-hybridized carbons (Fsp3) is 0.188. The molecule has 2 aromatic heterocycles. The van der Waals surface area contributed by atoms with Gasteiger partial charge in [-0.3, -0.25) is 4.40 Å². The molecule has 1 fully saturated rings. The highest BCUT2D eigenvalue weighted by atomic mass is 79.9. The molecule has 5 nitrogen and oxygen atoms in total. The molecule has 1 aliphatic carbocycles. The summed E-state index contributed by atoms with van der Waals surface area (Å²) in [6.45, 7) is 0. The van der Waals surface area contributed by atoms with Gasteiger partial charge >= 0.3 is 5.97 Å². The first-order valence-electron chi connectivity index (χ1n) is 7.23. The summed E-state index contributed by atoms with van der Waals surface area (Å²) in [6.07, 6.45) is 1.69. The van der Waals surface area contributed by atoms with E-state index in [1.165, 1.54) is 22.6 Å². The molecule has 0 radical (unpaired) electrons. The largest absolute Gasteiger partial charge is 0.477 e. The van der Waals surface area contributed by atoms with Crippen LogP contribution in [0.5, 0.6) is 0 Å². The van der Waals surface area contributed by atoms with E-state index in [4.69, 9.17) is 0 Å². The minimum atomic E-state index is -1.21. The second kappa shape index (κ2) is 5.34. The zero-order valence-corrected chi connectivity index (χ0v) is 13.7. The lowest BCUT2D eigenvalue weighted by Crippen LogP contribution is -2.07. The van der Waals surface area contributed by atoms with Gasteiger partial charge in [0, 0.05) is 15.7 Å². The Morgan fingerprint density at radius 2 is 2.00 bits per heavy atom. The van der Waals surface area contributed by atoms with Crippen LogP contribution in [0.25, 0.3) is 17.0 Å². The Labute approximate surface area is 143 Å². The SMILES string of the molecule is O=C(O)c1cc(C2CC2)n2c(F)c(-c3ccc(Br)cc3F)nc2n1. The lowest BCUT2D eigenvalue weighted by Gasteiger charge is -2.05. The summed E-state index contributed by atoms with van der Waals surface area (Å²) < 4.78 is 30.8. The van der Waals surface area contributed by atoms with E-state index in [0.29, 0.717) is 10.2 Å². The van der Waals surface area contributed by atoms with Crippen molar-refractivity contribution in [3.05, 3.63) is 51.9 Å². The Kier molecular flexibility index (Phi) is 3.38. The molecule has 1 aliphatic rings. The van der Waals surface area contributed by atoms with Crippen molar-refractivity contribution in [1.82, 2.24) is 14.4 Å². The van der Waals surface area contributed by atoms with Crippen LogP contribution in [0.3, 0.4) is 0 Å². The van der Waals surface area contributed by atoms with Crippen molar-refractivity contribution in [2.75, 3.05) is 0 Å². The standard InChI is InChI=1S/C16H10BrF2N3O2/c17-8-3-4-9(10(18)5-8)13-14(19)22-12(7-1-2-7)6-11(15(23)24)20-16(22)21-13/h3-7H,1-2H2,(H,23,24). The van der Waals surface area contributed by atoms with Gasteiger partial charge in [0.1, 0.15) is 11.5 Å². The molecule has 122 valence electrons. The molecule has 24 heavy (non-hydrogen) atoms. The predicted molar refractivity (Wildman–Crippen MR) is 85.0 cm³/mol. The highest BCUT2D eigenvalue weighted by Gasteiger charge is 2.30. The van der Waals surface area contributed by atoms with Crippen LogP contribution >= 0.6 is 15.9 Å². The number of halogens is 3. The maximum absolute atomic E-state index is 14.9. The number of hydrogen-bond acceptors (Lipinski definition) is 3. The Morgan fingerprint density at radius 1 is 1.25 bits per heavy atom. The molecule has 8 heteroatoms. The molecule has 1 aromatic carbocycles. The molecule has 0 aliphatic heterocycles. The van der Waals surface area contributed by atoms with Gasteiger partial charge in [0.2, 0.25) is 11.7 Å². The number of carboxylic acid groups (broad SMARTS) is 1. The summed E-state index contributed by atoms with van der Waals surface area (Å²) in [6, 6.07) is 5.58. The van der Waals surface area contributed by atoms with Gasteiger partial charge in [0.15, 0.2) is 5.69 Å². The van der Waals surface area contributed by atoms with Crippen molar-refractivity contribution in [2.24, 2.45) is 0 Å². The van der Waals surface area contributed by atoms with Crippen LogP contribution in [0, 0.1) is 11.8 Å². The summed E-state index contributed by atoms with van der Waals surface area (Å²) in [5.74, 6) is -2.58. The van der Waals surface area contributed by atoms with Crippen LogP contribution in [-0.2, 0) is 0 Å². The summed E-state index contributed by atoms with van der Waals surface area (Å²) in [7, 11) is 0. The second-order valence-electron chi connectivity index (χ2n) is 5.66. The number of benzene rings is 1. The Morgan fingerprint density at radius 3 is 2.62 bits per heavy atom. The van der Waals surface area contributed by atoms with E-state index >= 15 is 0 Å². The number of nitrogens with zero attached hydrogens (tertiary/aromatic N) is 3. The van der Waals surface area contributed by atoms with Crippen molar-refractivity contribution in [3.8, 4) is 11.3 Å². The normalized spacial score (nSPS) is 14.3.